The molecule has 0 amide bonds. The van der Waals surface area contributed by atoms with E-state index in [0.29, 0.717) is 0 Å². The molecule has 0 radical (unpaired) electrons. The van der Waals surface area contributed by atoms with Crippen LogP contribution >= 0.6 is 15.9 Å². The van der Waals surface area contributed by atoms with Gasteiger partial charge < -0.3 is 11.5 Å². The maximum absolute atomic E-state index is 5.42. The van der Waals surface area contributed by atoms with Crippen LogP contribution in [0.25, 0.3) is 22.2 Å². The van der Waals surface area contributed by atoms with Gasteiger partial charge in [-0.1, -0.05) is 46.3 Å². The summed E-state index contributed by atoms with van der Waals surface area (Å²) in [5.41, 5.74) is 13.4. The molecule has 0 aliphatic rings. The number of guanidine groups is 1. The Morgan fingerprint density at radius 2 is 1.76 bits per heavy atom. The first-order valence-electron chi connectivity index (χ1n) is 6.26. The van der Waals surface area contributed by atoms with Crippen molar-refractivity contribution in [3.05, 3.63) is 53.0 Å². The lowest BCUT2D eigenvalue weighted by Gasteiger charge is -2.07. The maximum atomic E-state index is 5.42. The third-order valence-corrected chi connectivity index (χ3v) is 3.42. The van der Waals surface area contributed by atoms with Crippen molar-refractivity contribution in [2.45, 2.75) is 0 Å². The molecule has 0 spiro atoms. The molecule has 5 nitrogen and oxygen atoms in total. The first kappa shape index (κ1) is 13.5. The number of hydrogen-bond donors (Lipinski definition) is 2. The van der Waals surface area contributed by atoms with Crippen LogP contribution in [-0.2, 0) is 0 Å². The average molecular weight is 342 g/mol. The summed E-state index contributed by atoms with van der Waals surface area (Å²) in [5, 5.41) is 0.935. The molecule has 0 aliphatic heterocycles. The van der Waals surface area contributed by atoms with Crippen LogP contribution < -0.4 is 11.5 Å². The van der Waals surface area contributed by atoms with Crippen LogP contribution in [0.15, 0.2) is 58.0 Å². The molecule has 3 rings (SSSR count). The van der Waals surface area contributed by atoms with Gasteiger partial charge in [-0.2, -0.15) is 4.99 Å². The van der Waals surface area contributed by atoms with E-state index in [0.717, 1.165) is 26.6 Å². The van der Waals surface area contributed by atoms with Crippen molar-refractivity contribution in [3.63, 3.8) is 0 Å². The summed E-state index contributed by atoms with van der Waals surface area (Å²) in [6, 6.07) is 15.7. The number of halogens is 1. The highest BCUT2D eigenvalue weighted by molar-refractivity contribution is 9.10. The number of benzene rings is 2. The second-order valence-corrected chi connectivity index (χ2v) is 5.35. The fourth-order valence-corrected chi connectivity index (χ4v) is 2.43. The lowest BCUT2D eigenvalue weighted by Crippen LogP contribution is -2.22. The van der Waals surface area contributed by atoms with Crippen molar-refractivity contribution in [3.8, 4) is 11.3 Å². The van der Waals surface area contributed by atoms with E-state index < -0.39 is 0 Å². The predicted molar refractivity (Wildman–Crippen MR) is 88.1 cm³/mol. The van der Waals surface area contributed by atoms with Crippen LogP contribution in [0.5, 0.6) is 0 Å². The van der Waals surface area contributed by atoms with Gasteiger partial charge in [0.2, 0.25) is 0 Å². The van der Waals surface area contributed by atoms with Crippen molar-refractivity contribution in [2.24, 2.45) is 16.5 Å². The third-order valence-electron chi connectivity index (χ3n) is 2.92. The van der Waals surface area contributed by atoms with Crippen LogP contribution in [0.3, 0.4) is 0 Å². The summed E-state index contributed by atoms with van der Waals surface area (Å²) in [5.74, 6) is 0.189. The molecule has 0 saturated heterocycles. The minimum absolute atomic E-state index is 0.0644. The smallest absolute Gasteiger partial charge is 0.253 e. The zero-order chi connectivity index (χ0) is 14.8. The maximum Gasteiger partial charge on any atom is 0.253 e. The average Bonchev–Trinajstić information content (AvgIpc) is 2.47. The molecule has 104 valence electrons. The number of hydrogen-bond acceptors (Lipinski definition) is 3. The summed E-state index contributed by atoms with van der Waals surface area (Å²) in [6.45, 7) is 0. The Hall–Kier alpha value is -2.47. The minimum atomic E-state index is -0.0644. The summed E-state index contributed by atoms with van der Waals surface area (Å²) >= 11 is 3.47. The Labute approximate surface area is 129 Å². The van der Waals surface area contributed by atoms with Gasteiger partial charge in [-0.15, -0.1) is 0 Å². The van der Waals surface area contributed by atoms with E-state index in [4.69, 9.17) is 11.5 Å². The molecule has 0 bridgehead atoms. The van der Waals surface area contributed by atoms with Gasteiger partial charge in [0, 0.05) is 15.4 Å². The molecule has 6 heteroatoms. The quantitative estimate of drug-likeness (QED) is 0.553. The predicted octanol–water partition coefficient (Wildman–Crippen LogP) is 2.96. The van der Waals surface area contributed by atoms with Gasteiger partial charge in [-0.3, -0.25) is 0 Å². The van der Waals surface area contributed by atoms with Crippen molar-refractivity contribution < 1.29 is 0 Å². The van der Waals surface area contributed by atoms with Gasteiger partial charge in [0.15, 0.2) is 5.96 Å². The molecule has 3 aromatic rings. The van der Waals surface area contributed by atoms with Crippen LogP contribution in [0, 0.1) is 0 Å². The molecule has 0 atom stereocenters. The van der Waals surface area contributed by atoms with E-state index in [9.17, 15) is 0 Å². The van der Waals surface area contributed by atoms with Gasteiger partial charge in [-0.05, 0) is 18.2 Å². The summed E-state index contributed by atoms with van der Waals surface area (Å²) in [4.78, 5) is 12.8. The largest absolute Gasteiger partial charge is 0.370 e. The molecule has 1 heterocycles. The van der Waals surface area contributed by atoms with E-state index in [-0.39, 0.29) is 11.9 Å². The van der Waals surface area contributed by atoms with Crippen molar-refractivity contribution in [2.75, 3.05) is 0 Å². The first-order valence-corrected chi connectivity index (χ1v) is 7.05. The molecule has 21 heavy (non-hydrogen) atoms. The topological polar surface area (TPSA) is 90.2 Å². The monoisotopic (exact) mass is 341 g/mol. The van der Waals surface area contributed by atoms with E-state index >= 15 is 0 Å². The number of nitrogens with two attached hydrogens (primary N) is 2. The standard InChI is InChI=1S/C15H12BrN5/c16-10-6-7-12-11(8-10)13(9-4-2-1-3-5-9)20-15(19-12)21-14(17)18/h1-8H,(H4,17,18,19,20,21). The molecular weight excluding hydrogens is 330 g/mol. The molecule has 2 aromatic carbocycles. The Morgan fingerprint density at radius 3 is 2.48 bits per heavy atom. The lowest BCUT2D eigenvalue weighted by atomic mass is 10.1. The van der Waals surface area contributed by atoms with Crippen LogP contribution in [-0.4, -0.2) is 15.9 Å². The molecule has 0 fully saturated rings. The molecule has 0 saturated carbocycles. The van der Waals surface area contributed by atoms with Gasteiger partial charge in [0.25, 0.3) is 5.95 Å². The highest BCUT2D eigenvalue weighted by Crippen LogP contribution is 2.29. The zero-order valence-electron chi connectivity index (χ0n) is 11.0. The van der Waals surface area contributed by atoms with E-state index in [2.05, 4.69) is 30.9 Å². The molecule has 0 unspecified atom stereocenters. The normalized spacial score (nSPS) is 10.5. The first-order chi connectivity index (χ1) is 10.1. The fourth-order valence-electron chi connectivity index (χ4n) is 2.07. The van der Waals surface area contributed by atoms with Gasteiger partial charge in [-0.25, -0.2) is 9.97 Å². The Balaban J connectivity index is 2.33. The Morgan fingerprint density at radius 1 is 1.00 bits per heavy atom. The molecule has 0 aliphatic carbocycles. The number of aromatic nitrogens is 2. The van der Waals surface area contributed by atoms with Crippen molar-refractivity contribution in [1.82, 2.24) is 9.97 Å². The number of nitrogens with zero attached hydrogens (tertiary/aromatic N) is 3. The van der Waals surface area contributed by atoms with E-state index in [1.807, 2.05) is 48.5 Å². The summed E-state index contributed by atoms with van der Waals surface area (Å²) in [7, 11) is 0. The highest BCUT2D eigenvalue weighted by Gasteiger charge is 2.10. The molecular formula is C15H12BrN5. The Bertz CT molecular complexity index is 826. The van der Waals surface area contributed by atoms with Gasteiger partial charge in [0.1, 0.15) is 0 Å². The fraction of sp³-hybridized carbons (Fsp3) is 0. The van der Waals surface area contributed by atoms with Crippen molar-refractivity contribution >= 4 is 38.7 Å². The summed E-state index contributed by atoms with van der Waals surface area (Å²) in [6.07, 6.45) is 0. The number of rotatable bonds is 2. The number of aliphatic imine (C=N–C) groups is 1. The summed E-state index contributed by atoms with van der Waals surface area (Å²) < 4.78 is 0.963. The zero-order valence-corrected chi connectivity index (χ0v) is 12.6. The van der Waals surface area contributed by atoms with E-state index in [1.165, 1.54) is 0 Å². The van der Waals surface area contributed by atoms with Crippen LogP contribution in [0.4, 0.5) is 5.95 Å². The van der Waals surface area contributed by atoms with Gasteiger partial charge >= 0.3 is 0 Å². The van der Waals surface area contributed by atoms with Crippen LogP contribution in [0.2, 0.25) is 0 Å². The van der Waals surface area contributed by atoms with E-state index in [1.54, 1.807) is 0 Å². The number of fused-ring (bicyclic) bond motifs is 1. The Kier molecular flexibility index (Phi) is 3.53. The van der Waals surface area contributed by atoms with Crippen LogP contribution in [0.1, 0.15) is 0 Å². The lowest BCUT2D eigenvalue weighted by molar-refractivity contribution is 1.17. The highest BCUT2D eigenvalue weighted by atomic mass is 79.9. The third kappa shape index (κ3) is 2.85. The second kappa shape index (κ2) is 5.49. The SMILES string of the molecule is NC(N)=Nc1nc(-c2ccccc2)c2cc(Br)ccc2n1. The molecule has 4 N–H and O–H groups in total. The second-order valence-electron chi connectivity index (χ2n) is 4.44. The van der Waals surface area contributed by atoms with Gasteiger partial charge in [0.05, 0.1) is 11.2 Å². The minimum Gasteiger partial charge on any atom is -0.370 e. The van der Waals surface area contributed by atoms with Crippen molar-refractivity contribution in [1.29, 1.82) is 0 Å². The molecule has 1 aromatic heterocycles.